The molecule has 0 amide bonds. The van der Waals surface area contributed by atoms with Crippen molar-refractivity contribution in [1.29, 1.82) is 0 Å². The van der Waals surface area contributed by atoms with Crippen LogP contribution in [0.2, 0.25) is 0 Å². The van der Waals surface area contributed by atoms with Gasteiger partial charge in [-0.15, -0.1) is 0 Å². The molecule has 86 valence electrons. The van der Waals surface area contributed by atoms with Crippen LogP contribution in [0.5, 0.6) is 0 Å². The zero-order valence-electron chi connectivity index (χ0n) is 9.04. The molecule has 1 aromatic rings. The fourth-order valence-electron chi connectivity index (χ4n) is 2.58. The van der Waals surface area contributed by atoms with E-state index in [1.54, 1.807) is 0 Å². The van der Waals surface area contributed by atoms with E-state index in [9.17, 15) is 15.0 Å². The number of hydrogen-bond donors (Lipinski definition) is 2. The third-order valence-electron chi connectivity index (χ3n) is 3.36. The molecule has 2 rings (SSSR count). The van der Waals surface area contributed by atoms with Gasteiger partial charge in [0.15, 0.2) is 0 Å². The Hall–Kier alpha value is -1.35. The Balaban J connectivity index is 2.30. The van der Waals surface area contributed by atoms with Crippen molar-refractivity contribution < 1.29 is 15.0 Å². The van der Waals surface area contributed by atoms with Crippen molar-refractivity contribution in [2.45, 2.75) is 31.3 Å². The van der Waals surface area contributed by atoms with Gasteiger partial charge in [0.05, 0.1) is 12.0 Å². The summed E-state index contributed by atoms with van der Waals surface area (Å²) in [6.45, 7) is 0. The lowest BCUT2D eigenvalue weighted by Crippen LogP contribution is -2.34. The summed E-state index contributed by atoms with van der Waals surface area (Å²) in [6, 6.07) is 9.46. The van der Waals surface area contributed by atoms with Crippen molar-refractivity contribution in [3.05, 3.63) is 35.9 Å². The molecule has 3 nitrogen and oxygen atoms in total. The molecule has 16 heavy (non-hydrogen) atoms. The summed E-state index contributed by atoms with van der Waals surface area (Å²) < 4.78 is 0. The molecular formula is C13H16O3. The van der Waals surface area contributed by atoms with Gasteiger partial charge in [0, 0.05) is 5.92 Å². The SMILES string of the molecule is O=C(O)[C@@H]1CCC[C@H](O)[C@H]1c1ccccc1. The van der Waals surface area contributed by atoms with Crippen molar-refractivity contribution in [1.82, 2.24) is 0 Å². The summed E-state index contributed by atoms with van der Waals surface area (Å²) in [7, 11) is 0. The maximum absolute atomic E-state index is 11.2. The van der Waals surface area contributed by atoms with E-state index >= 15 is 0 Å². The van der Waals surface area contributed by atoms with Gasteiger partial charge in [0.25, 0.3) is 0 Å². The minimum absolute atomic E-state index is 0.257. The van der Waals surface area contributed by atoms with Crippen LogP contribution in [0.1, 0.15) is 30.7 Å². The third kappa shape index (κ3) is 2.09. The van der Waals surface area contributed by atoms with Crippen LogP contribution in [0.3, 0.4) is 0 Å². The summed E-state index contributed by atoms with van der Waals surface area (Å²) >= 11 is 0. The fourth-order valence-corrected chi connectivity index (χ4v) is 2.58. The third-order valence-corrected chi connectivity index (χ3v) is 3.36. The molecule has 2 N–H and O–H groups in total. The first-order valence-corrected chi connectivity index (χ1v) is 5.66. The zero-order valence-corrected chi connectivity index (χ0v) is 9.04. The number of aliphatic carboxylic acids is 1. The van der Waals surface area contributed by atoms with E-state index in [2.05, 4.69) is 0 Å². The highest BCUT2D eigenvalue weighted by molar-refractivity contribution is 5.71. The minimum Gasteiger partial charge on any atom is -0.481 e. The molecule has 0 aromatic heterocycles. The van der Waals surface area contributed by atoms with Gasteiger partial charge >= 0.3 is 5.97 Å². The minimum atomic E-state index is -0.799. The van der Waals surface area contributed by atoms with Gasteiger partial charge in [0.2, 0.25) is 0 Å². The van der Waals surface area contributed by atoms with E-state index < -0.39 is 18.0 Å². The number of hydrogen-bond acceptors (Lipinski definition) is 2. The largest absolute Gasteiger partial charge is 0.481 e. The van der Waals surface area contributed by atoms with Crippen LogP contribution in [0.15, 0.2) is 30.3 Å². The Labute approximate surface area is 94.7 Å². The first kappa shape index (κ1) is 11.1. The van der Waals surface area contributed by atoms with Crippen molar-refractivity contribution in [2.75, 3.05) is 0 Å². The number of rotatable bonds is 2. The van der Waals surface area contributed by atoms with Crippen molar-refractivity contribution in [3.63, 3.8) is 0 Å². The summed E-state index contributed by atoms with van der Waals surface area (Å²) in [5, 5.41) is 19.2. The lowest BCUT2D eigenvalue weighted by atomic mass is 9.73. The molecule has 3 atom stereocenters. The second kappa shape index (κ2) is 4.66. The Morgan fingerprint density at radius 1 is 1.19 bits per heavy atom. The topological polar surface area (TPSA) is 57.5 Å². The van der Waals surface area contributed by atoms with E-state index in [-0.39, 0.29) is 5.92 Å². The van der Waals surface area contributed by atoms with E-state index in [1.165, 1.54) is 0 Å². The second-order valence-electron chi connectivity index (χ2n) is 4.38. The summed E-state index contributed by atoms with van der Waals surface area (Å²) in [5.74, 6) is -1.51. The van der Waals surface area contributed by atoms with Crippen molar-refractivity contribution in [3.8, 4) is 0 Å². The standard InChI is InChI=1S/C13H16O3/c14-11-8-4-7-10(13(15)16)12(11)9-5-2-1-3-6-9/h1-3,5-6,10-12,14H,4,7-8H2,(H,15,16)/t10-,11+,12+/m1/s1. The maximum Gasteiger partial charge on any atom is 0.307 e. The van der Waals surface area contributed by atoms with E-state index in [0.717, 1.165) is 12.0 Å². The number of carboxylic acid groups (broad SMARTS) is 1. The van der Waals surface area contributed by atoms with E-state index in [1.807, 2.05) is 30.3 Å². The number of aliphatic hydroxyl groups is 1. The summed E-state index contributed by atoms with van der Waals surface area (Å²) in [6.07, 6.45) is 1.62. The lowest BCUT2D eigenvalue weighted by Gasteiger charge is -2.33. The number of carboxylic acids is 1. The molecular weight excluding hydrogens is 204 g/mol. The number of benzene rings is 1. The molecule has 1 aliphatic rings. The van der Waals surface area contributed by atoms with Gasteiger partial charge < -0.3 is 10.2 Å². The first-order valence-electron chi connectivity index (χ1n) is 5.66. The molecule has 1 aliphatic carbocycles. The van der Waals surface area contributed by atoms with Crippen LogP contribution < -0.4 is 0 Å². The maximum atomic E-state index is 11.2. The van der Waals surface area contributed by atoms with Gasteiger partial charge in [-0.1, -0.05) is 30.3 Å². The highest BCUT2D eigenvalue weighted by atomic mass is 16.4. The fraction of sp³-hybridized carbons (Fsp3) is 0.462. The summed E-state index contributed by atoms with van der Waals surface area (Å²) in [4.78, 5) is 11.2. The summed E-state index contributed by atoms with van der Waals surface area (Å²) in [5.41, 5.74) is 0.933. The van der Waals surface area contributed by atoms with E-state index in [0.29, 0.717) is 12.8 Å². The Morgan fingerprint density at radius 3 is 2.50 bits per heavy atom. The zero-order chi connectivity index (χ0) is 11.5. The Bertz CT molecular complexity index is 361. The lowest BCUT2D eigenvalue weighted by molar-refractivity contribution is -0.145. The van der Waals surface area contributed by atoms with Crippen LogP contribution in [0.4, 0.5) is 0 Å². The highest BCUT2D eigenvalue weighted by Crippen LogP contribution is 2.38. The van der Waals surface area contributed by atoms with Gasteiger partial charge in [-0.3, -0.25) is 4.79 Å². The molecule has 1 fully saturated rings. The average Bonchev–Trinajstić information content (AvgIpc) is 2.29. The van der Waals surface area contributed by atoms with E-state index in [4.69, 9.17) is 0 Å². The number of aliphatic hydroxyl groups excluding tert-OH is 1. The molecule has 3 heteroatoms. The van der Waals surface area contributed by atoms with Crippen LogP contribution in [0, 0.1) is 5.92 Å². The van der Waals surface area contributed by atoms with Crippen LogP contribution >= 0.6 is 0 Å². The monoisotopic (exact) mass is 220 g/mol. The molecule has 0 spiro atoms. The van der Waals surface area contributed by atoms with Gasteiger partial charge in [0.1, 0.15) is 0 Å². The average molecular weight is 220 g/mol. The molecule has 1 saturated carbocycles. The molecule has 0 bridgehead atoms. The predicted octanol–water partition coefficient (Wildman–Crippen LogP) is 2.02. The number of carbonyl (C=O) groups is 1. The Morgan fingerprint density at radius 2 is 1.88 bits per heavy atom. The normalized spacial score (nSPS) is 29.9. The first-order chi connectivity index (χ1) is 7.70. The smallest absolute Gasteiger partial charge is 0.307 e. The highest BCUT2D eigenvalue weighted by Gasteiger charge is 2.37. The van der Waals surface area contributed by atoms with Crippen LogP contribution in [-0.4, -0.2) is 22.3 Å². The van der Waals surface area contributed by atoms with Crippen LogP contribution in [-0.2, 0) is 4.79 Å². The quantitative estimate of drug-likeness (QED) is 0.801. The van der Waals surface area contributed by atoms with Gasteiger partial charge in [-0.05, 0) is 24.8 Å². The Kier molecular flexibility index (Phi) is 3.25. The molecule has 0 unspecified atom stereocenters. The molecule has 0 saturated heterocycles. The van der Waals surface area contributed by atoms with Crippen molar-refractivity contribution in [2.24, 2.45) is 5.92 Å². The molecule has 0 heterocycles. The molecule has 0 aliphatic heterocycles. The van der Waals surface area contributed by atoms with Crippen LogP contribution in [0.25, 0.3) is 0 Å². The molecule has 0 radical (unpaired) electrons. The van der Waals surface area contributed by atoms with Crippen molar-refractivity contribution >= 4 is 5.97 Å². The second-order valence-corrected chi connectivity index (χ2v) is 4.38. The van der Waals surface area contributed by atoms with Gasteiger partial charge in [-0.25, -0.2) is 0 Å². The van der Waals surface area contributed by atoms with Gasteiger partial charge in [-0.2, -0.15) is 0 Å². The predicted molar refractivity (Wildman–Crippen MR) is 60.2 cm³/mol. The molecule has 1 aromatic carbocycles.